The van der Waals surface area contributed by atoms with Crippen LogP contribution in [0.25, 0.3) is 0 Å². The van der Waals surface area contributed by atoms with Crippen LogP contribution in [-0.2, 0) is 13.2 Å². The maximum absolute atomic E-state index is 10.7. The standard InChI is InChI=1S/C11H12N2O3S/c1-2-13-7-12-4-8(13)5-16-9-3-10(11(14)15)17-6-9/h3-4,6-7H,2,5H2,1H3,(H,14,15). The zero-order chi connectivity index (χ0) is 12.3. The normalized spacial score (nSPS) is 10.4. The fraction of sp³-hybridized carbons (Fsp3) is 0.273. The lowest BCUT2D eigenvalue weighted by Gasteiger charge is -2.05. The highest BCUT2D eigenvalue weighted by Crippen LogP contribution is 2.22. The maximum atomic E-state index is 10.7. The van der Waals surface area contributed by atoms with Gasteiger partial charge in [0.05, 0.1) is 18.2 Å². The van der Waals surface area contributed by atoms with Crippen LogP contribution in [0.15, 0.2) is 24.0 Å². The fourth-order valence-electron chi connectivity index (χ4n) is 1.42. The number of rotatable bonds is 5. The van der Waals surface area contributed by atoms with Gasteiger partial charge in [0.1, 0.15) is 17.2 Å². The monoisotopic (exact) mass is 252 g/mol. The molecule has 0 aliphatic rings. The molecule has 0 unspecified atom stereocenters. The van der Waals surface area contributed by atoms with Crippen molar-refractivity contribution in [1.82, 2.24) is 9.55 Å². The van der Waals surface area contributed by atoms with E-state index in [1.807, 2.05) is 11.5 Å². The van der Waals surface area contributed by atoms with Crippen molar-refractivity contribution in [2.75, 3.05) is 0 Å². The van der Waals surface area contributed by atoms with E-state index in [0.717, 1.165) is 23.6 Å². The van der Waals surface area contributed by atoms with Crippen LogP contribution in [0.2, 0.25) is 0 Å². The van der Waals surface area contributed by atoms with Crippen LogP contribution < -0.4 is 4.74 Å². The minimum absolute atomic E-state index is 0.281. The van der Waals surface area contributed by atoms with Gasteiger partial charge in [-0.1, -0.05) is 0 Å². The molecule has 6 heteroatoms. The summed E-state index contributed by atoms with van der Waals surface area (Å²) in [4.78, 5) is 15.0. The first kappa shape index (κ1) is 11.7. The van der Waals surface area contributed by atoms with Gasteiger partial charge in [0.2, 0.25) is 0 Å². The van der Waals surface area contributed by atoms with E-state index in [0.29, 0.717) is 12.4 Å². The minimum Gasteiger partial charge on any atom is -0.486 e. The Balaban J connectivity index is 2.00. The largest absolute Gasteiger partial charge is 0.486 e. The number of carboxylic acids is 1. The number of aromatic nitrogens is 2. The summed E-state index contributed by atoms with van der Waals surface area (Å²) < 4.78 is 7.49. The first-order valence-corrected chi connectivity index (χ1v) is 6.02. The summed E-state index contributed by atoms with van der Waals surface area (Å²) in [6.07, 6.45) is 3.49. The molecule has 1 N–H and O–H groups in total. The van der Waals surface area contributed by atoms with Crippen LogP contribution in [0.5, 0.6) is 5.75 Å². The molecular weight excluding hydrogens is 240 g/mol. The van der Waals surface area contributed by atoms with Crippen molar-refractivity contribution in [3.63, 3.8) is 0 Å². The highest BCUT2D eigenvalue weighted by atomic mass is 32.1. The average molecular weight is 252 g/mol. The van der Waals surface area contributed by atoms with Gasteiger partial charge in [0.25, 0.3) is 0 Å². The molecule has 0 atom stereocenters. The van der Waals surface area contributed by atoms with E-state index < -0.39 is 5.97 Å². The summed E-state index contributed by atoms with van der Waals surface area (Å²) in [6.45, 7) is 3.25. The summed E-state index contributed by atoms with van der Waals surface area (Å²) in [7, 11) is 0. The van der Waals surface area contributed by atoms with Gasteiger partial charge in [-0.2, -0.15) is 0 Å². The molecule has 0 saturated heterocycles. The molecule has 0 saturated carbocycles. The number of hydrogen-bond donors (Lipinski definition) is 1. The van der Waals surface area contributed by atoms with Crippen molar-refractivity contribution in [3.05, 3.63) is 34.5 Å². The molecule has 0 aliphatic carbocycles. The lowest BCUT2D eigenvalue weighted by molar-refractivity contribution is 0.0702. The molecule has 0 fully saturated rings. The second-order valence-electron chi connectivity index (χ2n) is 3.41. The van der Waals surface area contributed by atoms with E-state index in [1.165, 1.54) is 6.07 Å². The number of carbonyl (C=O) groups is 1. The molecular formula is C11H12N2O3S. The zero-order valence-corrected chi connectivity index (χ0v) is 10.1. The highest BCUT2D eigenvalue weighted by molar-refractivity contribution is 7.12. The van der Waals surface area contributed by atoms with Crippen LogP contribution in [-0.4, -0.2) is 20.6 Å². The molecule has 0 bridgehead atoms. The Morgan fingerprint density at radius 2 is 2.47 bits per heavy atom. The van der Waals surface area contributed by atoms with Crippen LogP contribution in [0, 0.1) is 0 Å². The number of carboxylic acid groups (broad SMARTS) is 1. The van der Waals surface area contributed by atoms with E-state index in [9.17, 15) is 4.79 Å². The maximum Gasteiger partial charge on any atom is 0.346 e. The number of aryl methyl sites for hydroxylation is 1. The quantitative estimate of drug-likeness (QED) is 0.886. The van der Waals surface area contributed by atoms with Crippen molar-refractivity contribution in [1.29, 1.82) is 0 Å². The molecule has 0 spiro atoms. The Labute approximate surface area is 102 Å². The number of imidazole rings is 1. The molecule has 0 amide bonds. The average Bonchev–Trinajstić information content (AvgIpc) is 2.95. The molecule has 17 heavy (non-hydrogen) atoms. The van der Waals surface area contributed by atoms with E-state index in [-0.39, 0.29) is 4.88 Å². The molecule has 0 radical (unpaired) electrons. The fourth-order valence-corrected chi connectivity index (χ4v) is 2.08. The van der Waals surface area contributed by atoms with Crippen molar-refractivity contribution in [3.8, 4) is 5.75 Å². The molecule has 5 nitrogen and oxygen atoms in total. The van der Waals surface area contributed by atoms with Gasteiger partial charge in [-0.15, -0.1) is 11.3 Å². The summed E-state index contributed by atoms with van der Waals surface area (Å²) in [6, 6.07) is 1.53. The van der Waals surface area contributed by atoms with Crippen LogP contribution >= 0.6 is 11.3 Å². The van der Waals surface area contributed by atoms with E-state index in [2.05, 4.69) is 4.98 Å². The molecule has 0 aliphatic heterocycles. The molecule has 2 rings (SSSR count). The summed E-state index contributed by atoms with van der Waals surface area (Å²) in [5.41, 5.74) is 0.968. The molecule has 90 valence electrons. The first-order chi connectivity index (χ1) is 8.20. The number of nitrogens with zero attached hydrogens (tertiary/aromatic N) is 2. The number of ether oxygens (including phenoxy) is 1. The molecule has 2 aromatic heterocycles. The second kappa shape index (κ2) is 5.01. The summed E-state index contributed by atoms with van der Waals surface area (Å²) in [5, 5.41) is 10.5. The Kier molecular flexibility index (Phi) is 3.43. The first-order valence-electron chi connectivity index (χ1n) is 5.14. The van der Waals surface area contributed by atoms with E-state index >= 15 is 0 Å². The summed E-state index contributed by atoms with van der Waals surface area (Å²) in [5.74, 6) is -0.347. The smallest absolute Gasteiger partial charge is 0.346 e. The third-order valence-electron chi connectivity index (χ3n) is 2.31. The Morgan fingerprint density at radius 1 is 1.65 bits per heavy atom. The summed E-state index contributed by atoms with van der Waals surface area (Å²) >= 11 is 1.16. The number of hydrogen-bond acceptors (Lipinski definition) is 4. The van der Waals surface area contributed by atoms with Gasteiger partial charge in [-0.25, -0.2) is 9.78 Å². The van der Waals surface area contributed by atoms with Crippen molar-refractivity contribution < 1.29 is 14.6 Å². The SMILES string of the molecule is CCn1cncc1COc1csc(C(=O)O)c1. The van der Waals surface area contributed by atoms with Gasteiger partial charge in [0.15, 0.2) is 0 Å². The lowest BCUT2D eigenvalue weighted by Crippen LogP contribution is -2.03. The van der Waals surface area contributed by atoms with Gasteiger partial charge < -0.3 is 14.4 Å². The molecule has 2 aromatic rings. The van der Waals surface area contributed by atoms with E-state index in [1.54, 1.807) is 17.9 Å². The Morgan fingerprint density at radius 3 is 3.12 bits per heavy atom. The van der Waals surface area contributed by atoms with Crippen molar-refractivity contribution >= 4 is 17.3 Å². The van der Waals surface area contributed by atoms with Crippen LogP contribution in [0.1, 0.15) is 22.3 Å². The second-order valence-corrected chi connectivity index (χ2v) is 4.32. The van der Waals surface area contributed by atoms with Gasteiger partial charge in [-0.05, 0) is 6.92 Å². The number of thiophene rings is 1. The van der Waals surface area contributed by atoms with Crippen molar-refractivity contribution in [2.24, 2.45) is 0 Å². The number of aromatic carboxylic acids is 1. The minimum atomic E-state index is -0.927. The van der Waals surface area contributed by atoms with Gasteiger partial charge in [0, 0.05) is 18.0 Å². The van der Waals surface area contributed by atoms with E-state index in [4.69, 9.17) is 9.84 Å². The Bertz CT molecular complexity index is 518. The van der Waals surface area contributed by atoms with Gasteiger partial charge >= 0.3 is 5.97 Å². The molecule has 0 aromatic carbocycles. The van der Waals surface area contributed by atoms with Crippen LogP contribution in [0.3, 0.4) is 0 Å². The predicted molar refractivity (Wildman–Crippen MR) is 63.5 cm³/mol. The topological polar surface area (TPSA) is 64.4 Å². The zero-order valence-electron chi connectivity index (χ0n) is 9.29. The predicted octanol–water partition coefficient (Wildman–Crippen LogP) is 2.24. The Hall–Kier alpha value is -1.82. The third kappa shape index (κ3) is 2.65. The third-order valence-corrected chi connectivity index (χ3v) is 3.21. The van der Waals surface area contributed by atoms with Gasteiger partial charge in [-0.3, -0.25) is 0 Å². The van der Waals surface area contributed by atoms with Crippen LogP contribution in [0.4, 0.5) is 0 Å². The molecule has 2 heterocycles. The lowest BCUT2D eigenvalue weighted by atomic mass is 10.4. The van der Waals surface area contributed by atoms with Crippen molar-refractivity contribution in [2.45, 2.75) is 20.1 Å². The highest BCUT2D eigenvalue weighted by Gasteiger charge is 2.08.